The van der Waals surface area contributed by atoms with Crippen molar-refractivity contribution < 1.29 is 14.3 Å². The second kappa shape index (κ2) is 8.58. The van der Waals surface area contributed by atoms with E-state index in [1.807, 2.05) is 44.9 Å². The Hall–Kier alpha value is -3.47. The number of aryl methyl sites for hydroxylation is 1. The summed E-state index contributed by atoms with van der Waals surface area (Å²) in [6.07, 6.45) is 10.4. The minimum atomic E-state index is -0.508. The van der Waals surface area contributed by atoms with Gasteiger partial charge in [0.2, 0.25) is 5.95 Å². The van der Waals surface area contributed by atoms with E-state index in [1.165, 1.54) is 5.57 Å². The molecule has 0 spiro atoms. The number of hydrogen-bond acceptors (Lipinski definition) is 8. The van der Waals surface area contributed by atoms with Crippen LogP contribution in [0.1, 0.15) is 46.3 Å². The average molecular weight is 493 g/mol. The van der Waals surface area contributed by atoms with Gasteiger partial charge in [0.05, 0.1) is 12.5 Å². The Balaban J connectivity index is 1.34. The molecule has 190 valence electrons. The first-order valence-corrected chi connectivity index (χ1v) is 12.6. The van der Waals surface area contributed by atoms with E-state index in [1.54, 1.807) is 15.8 Å². The van der Waals surface area contributed by atoms with Crippen LogP contribution in [0.4, 0.5) is 10.7 Å². The number of fused-ring (bicyclic) bond motifs is 2. The van der Waals surface area contributed by atoms with Crippen LogP contribution in [-0.4, -0.2) is 72.1 Å². The zero-order chi connectivity index (χ0) is 25.0. The number of anilines is 1. The van der Waals surface area contributed by atoms with Crippen molar-refractivity contribution in [1.82, 2.24) is 34.2 Å². The Morgan fingerprint density at radius 3 is 2.75 bits per heavy atom. The Morgan fingerprint density at radius 2 is 2.06 bits per heavy atom. The minimum absolute atomic E-state index is 0.0769. The quantitative estimate of drug-likeness (QED) is 0.547. The van der Waals surface area contributed by atoms with E-state index >= 15 is 0 Å². The van der Waals surface area contributed by atoms with E-state index in [9.17, 15) is 4.79 Å². The molecule has 2 unspecified atom stereocenters. The SMILES string of the molecule is Cn1cc(-c2nc(N3C=C4CN(C(=O)OC(C)(C)C)CC4C3)nc3c2ncn3C2CCCCO2)cn1. The van der Waals surface area contributed by atoms with Crippen molar-refractivity contribution in [2.45, 2.75) is 51.9 Å². The first-order valence-electron chi connectivity index (χ1n) is 12.6. The third-order valence-electron chi connectivity index (χ3n) is 6.84. The molecular formula is C25H32N8O3. The van der Waals surface area contributed by atoms with Crippen LogP contribution in [-0.2, 0) is 16.5 Å². The van der Waals surface area contributed by atoms with Crippen molar-refractivity contribution >= 4 is 23.2 Å². The van der Waals surface area contributed by atoms with Crippen LogP contribution < -0.4 is 4.90 Å². The van der Waals surface area contributed by atoms with Crippen molar-refractivity contribution in [3.63, 3.8) is 0 Å². The Bertz CT molecular complexity index is 1330. The molecule has 3 aromatic heterocycles. The summed E-state index contributed by atoms with van der Waals surface area (Å²) in [5.74, 6) is 0.842. The molecule has 0 aliphatic carbocycles. The number of rotatable bonds is 3. The number of hydrogen-bond donors (Lipinski definition) is 0. The number of aromatic nitrogens is 6. The molecule has 36 heavy (non-hydrogen) atoms. The molecule has 3 aliphatic rings. The summed E-state index contributed by atoms with van der Waals surface area (Å²) in [6.45, 7) is 8.30. The van der Waals surface area contributed by atoms with E-state index < -0.39 is 5.60 Å². The van der Waals surface area contributed by atoms with Gasteiger partial charge in [0, 0.05) is 57.2 Å². The van der Waals surface area contributed by atoms with Gasteiger partial charge in [0.1, 0.15) is 23.0 Å². The summed E-state index contributed by atoms with van der Waals surface area (Å²) in [7, 11) is 1.89. The maximum absolute atomic E-state index is 12.6. The van der Waals surface area contributed by atoms with Gasteiger partial charge in [0.25, 0.3) is 0 Å². The van der Waals surface area contributed by atoms with Gasteiger partial charge in [-0.05, 0) is 45.6 Å². The monoisotopic (exact) mass is 492 g/mol. The number of nitrogens with zero attached hydrogens (tertiary/aromatic N) is 8. The maximum atomic E-state index is 12.6. The van der Waals surface area contributed by atoms with Crippen LogP contribution in [0.2, 0.25) is 0 Å². The Labute approximate surface area is 209 Å². The Morgan fingerprint density at radius 1 is 1.19 bits per heavy atom. The van der Waals surface area contributed by atoms with Crippen LogP contribution in [0, 0.1) is 5.92 Å². The second-order valence-corrected chi connectivity index (χ2v) is 10.8. The number of carbonyl (C=O) groups is 1. The predicted octanol–water partition coefficient (Wildman–Crippen LogP) is 3.50. The molecule has 1 amide bonds. The van der Waals surface area contributed by atoms with Crippen LogP contribution in [0.25, 0.3) is 22.4 Å². The summed E-state index contributed by atoms with van der Waals surface area (Å²) < 4.78 is 15.4. The summed E-state index contributed by atoms with van der Waals surface area (Å²) in [6, 6.07) is 0. The zero-order valence-electron chi connectivity index (χ0n) is 21.2. The maximum Gasteiger partial charge on any atom is 0.410 e. The van der Waals surface area contributed by atoms with Crippen molar-refractivity contribution in [1.29, 1.82) is 0 Å². The van der Waals surface area contributed by atoms with Crippen molar-refractivity contribution in [3.8, 4) is 11.3 Å². The highest BCUT2D eigenvalue weighted by molar-refractivity contribution is 5.88. The molecule has 0 bridgehead atoms. The van der Waals surface area contributed by atoms with Gasteiger partial charge < -0.3 is 19.3 Å². The molecule has 6 rings (SSSR count). The standard InChI is InChI=1S/C25H32N8O3/c1-25(2,3)36-24(34)32-13-17-11-31(12-18(17)14-32)23-28-20(16-9-27-30(4)10-16)21-22(29-23)33(15-26-21)19-7-5-6-8-35-19/h9-11,15,18-19H,5-8,12-14H2,1-4H3. The fourth-order valence-electron chi connectivity index (χ4n) is 5.15. The number of amides is 1. The lowest BCUT2D eigenvalue weighted by Crippen LogP contribution is -2.36. The molecule has 0 radical (unpaired) electrons. The molecule has 2 fully saturated rings. The molecule has 0 saturated carbocycles. The lowest BCUT2D eigenvalue weighted by molar-refractivity contribution is -0.0298. The molecular weight excluding hydrogens is 460 g/mol. The van der Waals surface area contributed by atoms with Crippen molar-refractivity contribution in [2.75, 3.05) is 31.1 Å². The van der Waals surface area contributed by atoms with Gasteiger partial charge in [-0.1, -0.05) is 0 Å². The highest BCUT2D eigenvalue weighted by Gasteiger charge is 2.38. The smallest absolute Gasteiger partial charge is 0.410 e. The number of likely N-dealkylation sites (tertiary alicyclic amines) is 1. The molecule has 11 nitrogen and oxygen atoms in total. The van der Waals surface area contributed by atoms with Gasteiger partial charge in [-0.25, -0.2) is 14.8 Å². The summed E-state index contributed by atoms with van der Waals surface area (Å²) in [5.41, 5.74) is 3.83. The Kier molecular flexibility index (Phi) is 5.47. The summed E-state index contributed by atoms with van der Waals surface area (Å²) in [5, 5.41) is 4.34. The number of carbonyl (C=O) groups excluding carboxylic acids is 1. The fourth-order valence-corrected chi connectivity index (χ4v) is 5.15. The number of ether oxygens (including phenoxy) is 2. The van der Waals surface area contributed by atoms with Crippen molar-refractivity contribution in [3.05, 3.63) is 30.5 Å². The molecule has 11 heteroatoms. The first kappa shape index (κ1) is 23.0. The average Bonchev–Trinajstić information content (AvgIpc) is 3.60. The predicted molar refractivity (Wildman–Crippen MR) is 133 cm³/mol. The molecule has 3 aromatic rings. The molecule has 0 aromatic carbocycles. The van der Waals surface area contributed by atoms with E-state index in [-0.39, 0.29) is 18.2 Å². The second-order valence-electron chi connectivity index (χ2n) is 10.8. The topological polar surface area (TPSA) is 103 Å². The van der Waals surface area contributed by atoms with E-state index in [0.717, 1.165) is 48.3 Å². The molecule has 3 aliphatic heterocycles. The molecule has 2 atom stereocenters. The van der Waals surface area contributed by atoms with Gasteiger partial charge >= 0.3 is 6.09 Å². The minimum Gasteiger partial charge on any atom is -0.444 e. The highest BCUT2D eigenvalue weighted by Crippen LogP contribution is 2.35. The third-order valence-corrected chi connectivity index (χ3v) is 6.84. The summed E-state index contributed by atoms with van der Waals surface area (Å²) >= 11 is 0. The van der Waals surface area contributed by atoms with Gasteiger partial charge in [-0.2, -0.15) is 10.1 Å². The largest absolute Gasteiger partial charge is 0.444 e. The lowest BCUT2D eigenvalue weighted by atomic mass is 10.1. The molecule has 6 heterocycles. The van der Waals surface area contributed by atoms with Crippen LogP contribution in [0.15, 0.2) is 30.5 Å². The fraction of sp³-hybridized carbons (Fsp3) is 0.560. The third kappa shape index (κ3) is 4.21. The van der Waals surface area contributed by atoms with Gasteiger partial charge in [-0.15, -0.1) is 0 Å². The molecule has 0 N–H and O–H groups in total. The molecule has 2 saturated heterocycles. The lowest BCUT2D eigenvalue weighted by Gasteiger charge is -2.25. The summed E-state index contributed by atoms with van der Waals surface area (Å²) in [4.78, 5) is 31.0. The van der Waals surface area contributed by atoms with Gasteiger partial charge in [0.15, 0.2) is 5.65 Å². The van der Waals surface area contributed by atoms with Gasteiger partial charge in [-0.3, -0.25) is 9.25 Å². The van der Waals surface area contributed by atoms with Crippen LogP contribution in [0.5, 0.6) is 0 Å². The van der Waals surface area contributed by atoms with E-state index in [4.69, 9.17) is 24.4 Å². The van der Waals surface area contributed by atoms with E-state index in [0.29, 0.717) is 25.6 Å². The van der Waals surface area contributed by atoms with Crippen LogP contribution >= 0.6 is 0 Å². The zero-order valence-corrected chi connectivity index (χ0v) is 21.2. The highest BCUT2D eigenvalue weighted by atomic mass is 16.6. The normalized spacial score (nSPS) is 22.3. The van der Waals surface area contributed by atoms with Crippen molar-refractivity contribution in [2.24, 2.45) is 13.0 Å². The van der Waals surface area contributed by atoms with Crippen LogP contribution in [0.3, 0.4) is 0 Å². The first-order chi connectivity index (χ1) is 17.2. The number of imidazole rings is 1. The van der Waals surface area contributed by atoms with E-state index in [2.05, 4.69) is 16.2 Å².